The number of aromatic nitrogens is 2. The fourth-order valence-corrected chi connectivity index (χ4v) is 2.00. The SMILES string of the molecule is COc1ccc(CNc2cc(C(=O)NCCN(C)C)ncn2)cc1. The summed E-state index contributed by atoms with van der Waals surface area (Å²) in [5, 5.41) is 6.02. The van der Waals surface area contributed by atoms with Crippen molar-refractivity contribution in [3.8, 4) is 5.75 Å². The van der Waals surface area contributed by atoms with Gasteiger partial charge in [0.15, 0.2) is 0 Å². The molecule has 128 valence electrons. The average Bonchev–Trinajstić information content (AvgIpc) is 2.60. The summed E-state index contributed by atoms with van der Waals surface area (Å²) in [6.45, 7) is 1.95. The third kappa shape index (κ3) is 5.51. The van der Waals surface area contributed by atoms with Gasteiger partial charge in [-0.15, -0.1) is 0 Å². The number of nitrogens with zero attached hydrogens (tertiary/aromatic N) is 3. The Morgan fingerprint density at radius 2 is 1.96 bits per heavy atom. The van der Waals surface area contributed by atoms with E-state index in [-0.39, 0.29) is 5.91 Å². The highest BCUT2D eigenvalue weighted by atomic mass is 16.5. The van der Waals surface area contributed by atoms with E-state index in [4.69, 9.17) is 4.74 Å². The molecule has 1 amide bonds. The molecule has 1 aromatic carbocycles. The van der Waals surface area contributed by atoms with Crippen LogP contribution in [0.4, 0.5) is 5.82 Å². The molecule has 2 aromatic rings. The number of nitrogens with one attached hydrogen (secondary N) is 2. The van der Waals surface area contributed by atoms with E-state index < -0.39 is 0 Å². The summed E-state index contributed by atoms with van der Waals surface area (Å²) in [4.78, 5) is 22.2. The zero-order chi connectivity index (χ0) is 17.4. The maximum Gasteiger partial charge on any atom is 0.270 e. The maximum atomic E-state index is 12.1. The number of rotatable bonds is 8. The van der Waals surface area contributed by atoms with Gasteiger partial charge in [-0.2, -0.15) is 0 Å². The van der Waals surface area contributed by atoms with Crippen molar-refractivity contribution < 1.29 is 9.53 Å². The highest BCUT2D eigenvalue weighted by molar-refractivity contribution is 5.92. The van der Waals surface area contributed by atoms with Crippen molar-refractivity contribution in [2.45, 2.75) is 6.54 Å². The summed E-state index contributed by atoms with van der Waals surface area (Å²) in [6, 6.07) is 9.40. The quantitative estimate of drug-likeness (QED) is 0.762. The molecule has 1 aromatic heterocycles. The molecule has 0 radical (unpaired) electrons. The lowest BCUT2D eigenvalue weighted by Gasteiger charge is -2.11. The van der Waals surface area contributed by atoms with Gasteiger partial charge in [-0.3, -0.25) is 4.79 Å². The van der Waals surface area contributed by atoms with Gasteiger partial charge in [0.1, 0.15) is 23.6 Å². The molecule has 0 aliphatic rings. The number of anilines is 1. The largest absolute Gasteiger partial charge is 0.497 e. The van der Waals surface area contributed by atoms with Gasteiger partial charge in [0.25, 0.3) is 5.91 Å². The number of methoxy groups -OCH3 is 1. The van der Waals surface area contributed by atoms with Crippen LogP contribution in [0.1, 0.15) is 16.1 Å². The van der Waals surface area contributed by atoms with Crippen molar-refractivity contribution in [2.75, 3.05) is 39.6 Å². The Morgan fingerprint density at radius 3 is 2.62 bits per heavy atom. The van der Waals surface area contributed by atoms with Gasteiger partial charge in [0.05, 0.1) is 7.11 Å². The Balaban J connectivity index is 1.90. The van der Waals surface area contributed by atoms with Gasteiger partial charge in [-0.25, -0.2) is 9.97 Å². The smallest absolute Gasteiger partial charge is 0.270 e. The Labute approximate surface area is 142 Å². The van der Waals surface area contributed by atoms with Crippen molar-refractivity contribution in [2.24, 2.45) is 0 Å². The zero-order valence-electron chi connectivity index (χ0n) is 14.2. The molecule has 7 nitrogen and oxygen atoms in total. The van der Waals surface area contributed by atoms with Gasteiger partial charge >= 0.3 is 0 Å². The van der Waals surface area contributed by atoms with Crippen LogP contribution < -0.4 is 15.4 Å². The fraction of sp³-hybridized carbons (Fsp3) is 0.353. The number of benzene rings is 1. The molecule has 0 atom stereocenters. The average molecular weight is 329 g/mol. The Morgan fingerprint density at radius 1 is 1.21 bits per heavy atom. The van der Waals surface area contributed by atoms with Gasteiger partial charge in [-0.1, -0.05) is 12.1 Å². The van der Waals surface area contributed by atoms with Crippen LogP contribution in [0.2, 0.25) is 0 Å². The number of amides is 1. The minimum absolute atomic E-state index is 0.202. The highest BCUT2D eigenvalue weighted by Crippen LogP contribution is 2.12. The molecule has 7 heteroatoms. The van der Waals surface area contributed by atoms with Crippen LogP contribution in [0, 0.1) is 0 Å². The summed E-state index contributed by atoms with van der Waals surface area (Å²) < 4.78 is 5.13. The molecule has 0 aliphatic carbocycles. The predicted molar refractivity (Wildman–Crippen MR) is 93.2 cm³/mol. The third-order valence-electron chi connectivity index (χ3n) is 3.38. The standard InChI is InChI=1S/C17H23N5O2/c1-22(2)9-8-18-17(23)15-10-16(21-12-20-15)19-11-13-4-6-14(24-3)7-5-13/h4-7,10,12H,8-9,11H2,1-3H3,(H,18,23)(H,19,20,21). The van der Waals surface area contributed by atoms with E-state index in [0.717, 1.165) is 17.9 Å². The number of carbonyl (C=O) groups is 1. The molecular formula is C17H23N5O2. The molecule has 2 rings (SSSR count). The van der Waals surface area contributed by atoms with Gasteiger partial charge in [0, 0.05) is 25.7 Å². The molecular weight excluding hydrogens is 306 g/mol. The second-order valence-corrected chi connectivity index (χ2v) is 5.55. The number of carbonyl (C=O) groups excluding carboxylic acids is 1. The predicted octanol–water partition coefficient (Wildman–Crippen LogP) is 1.39. The van der Waals surface area contributed by atoms with Crippen molar-refractivity contribution in [1.29, 1.82) is 0 Å². The molecule has 0 aliphatic heterocycles. The van der Waals surface area contributed by atoms with Gasteiger partial charge in [-0.05, 0) is 31.8 Å². The van der Waals surface area contributed by atoms with Gasteiger partial charge in [0.2, 0.25) is 0 Å². The van der Waals surface area contributed by atoms with Crippen LogP contribution in [0.15, 0.2) is 36.7 Å². The molecule has 0 unspecified atom stereocenters. The molecule has 0 saturated heterocycles. The third-order valence-corrected chi connectivity index (χ3v) is 3.38. The number of hydrogen-bond acceptors (Lipinski definition) is 6. The Kier molecular flexibility index (Phi) is 6.51. The van der Waals surface area contributed by atoms with Crippen LogP contribution in [0.5, 0.6) is 5.75 Å². The molecule has 24 heavy (non-hydrogen) atoms. The first-order valence-electron chi connectivity index (χ1n) is 7.70. The molecule has 0 fully saturated rings. The summed E-state index contributed by atoms with van der Waals surface area (Å²) >= 11 is 0. The minimum Gasteiger partial charge on any atom is -0.497 e. The van der Waals surface area contributed by atoms with E-state index in [0.29, 0.717) is 24.6 Å². The van der Waals surface area contributed by atoms with Crippen LogP contribution in [-0.4, -0.2) is 55.1 Å². The lowest BCUT2D eigenvalue weighted by molar-refractivity contribution is 0.0946. The lowest BCUT2D eigenvalue weighted by atomic mass is 10.2. The zero-order valence-corrected chi connectivity index (χ0v) is 14.2. The van der Waals surface area contributed by atoms with Gasteiger partial charge < -0.3 is 20.3 Å². The lowest BCUT2D eigenvalue weighted by Crippen LogP contribution is -2.31. The molecule has 2 N–H and O–H groups in total. The summed E-state index contributed by atoms with van der Waals surface area (Å²) in [5.74, 6) is 1.22. The second-order valence-electron chi connectivity index (χ2n) is 5.55. The number of hydrogen-bond donors (Lipinski definition) is 2. The Bertz CT molecular complexity index is 658. The van der Waals surface area contributed by atoms with Crippen molar-refractivity contribution >= 4 is 11.7 Å². The van der Waals surface area contributed by atoms with Crippen LogP contribution in [0.3, 0.4) is 0 Å². The van der Waals surface area contributed by atoms with E-state index in [1.165, 1.54) is 6.33 Å². The van der Waals surface area contributed by atoms with Crippen molar-refractivity contribution in [3.05, 3.63) is 47.9 Å². The van der Waals surface area contributed by atoms with Crippen LogP contribution >= 0.6 is 0 Å². The molecule has 0 saturated carbocycles. The van der Waals surface area contributed by atoms with E-state index >= 15 is 0 Å². The first kappa shape index (κ1) is 17.7. The number of ether oxygens (including phenoxy) is 1. The Hall–Kier alpha value is -2.67. The van der Waals surface area contributed by atoms with E-state index in [1.54, 1.807) is 13.2 Å². The number of likely N-dealkylation sites (N-methyl/N-ethyl adjacent to an activating group) is 1. The van der Waals surface area contributed by atoms with E-state index in [2.05, 4.69) is 20.6 Å². The normalized spacial score (nSPS) is 10.5. The second kappa shape index (κ2) is 8.83. The van der Waals surface area contributed by atoms with Crippen LogP contribution in [-0.2, 0) is 6.54 Å². The summed E-state index contributed by atoms with van der Waals surface area (Å²) in [7, 11) is 5.55. The minimum atomic E-state index is -0.202. The molecule has 1 heterocycles. The monoisotopic (exact) mass is 329 g/mol. The fourth-order valence-electron chi connectivity index (χ4n) is 2.00. The topological polar surface area (TPSA) is 79.4 Å². The first-order chi connectivity index (χ1) is 11.6. The highest BCUT2D eigenvalue weighted by Gasteiger charge is 2.08. The van der Waals surface area contributed by atoms with E-state index in [1.807, 2.05) is 43.3 Å². The molecule has 0 spiro atoms. The first-order valence-corrected chi connectivity index (χ1v) is 7.70. The summed E-state index contributed by atoms with van der Waals surface area (Å²) in [5.41, 5.74) is 1.44. The van der Waals surface area contributed by atoms with Crippen molar-refractivity contribution in [3.63, 3.8) is 0 Å². The van der Waals surface area contributed by atoms with E-state index in [9.17, 15) is 4.79 Å². The van der Waals surface area contributed by atoms with Crippen molar-refractivity contribution in [1.82, 2.24) is 20.2 Å². The molecule has 0 bridgehead atoms. The summed E-state index contributed by atoms with van der Waals surface area (Å²) in [6.07, 6.45) is 1.39. The maximum absolute atomic E-state index is 12.1. The van der Waals surface area contributed by atoms with Crippen LogP contribution in [0.25, 0.3) is 0 Å².